The Morgan fingerprint density at radius 2 is 2.10 bits per heavy atom. The Balaban J connectivity index is 1.69. The van der Waals surface area contributed by atoms with E-state index in [1.54, 1.807) is 4.88 Å². The van der Waals surface area contributed by atoms with Gasteiger partial charge in [-0.3, -0.25) is 0 Å². The molecule has 3 rings (SSSR count). The van der Waals surface area contributed by atoms with Crippen molar-refractivity contribution in [2.75, 3.05) is 5.32 Å². The van der Waals surface area contributed by atoms with Crippen molar-refractivity contribution >= 4 is 33.0 Å². The molecule has 0 saturated heterocycles. The molecule has 3 heteroatoms. The Morgan fingerprint density at radius 1 is 1.29 bits per heavy atom. The van der Waals surface area contributed by atoms with Gasteiger partial charge in [0.15, 0.2) is 0 Å². The second-order valence-electron chi connectivity index (χ2n) is 5.82. The van der Waals surface area contributed by atoms with Crippen LogP contribution in [0.1, 0.15) is 54.7 Å². The second-order valence-corrected chi connectivity index (χ2v) is 8.33. The van der Waals surface area contributed by atoms with Crippen LogP contribution < -0.4 is 5.32 Å². The average molecular weight is 364 g/mol. The Bertz CT molecular complexity index is 588. The van der Waals surface area contributed by atoms with Gasteiger partial charge < -0.3 is 5.32 Å². The summed E-state index contributed by atoms with van der Waals surface area (Å²) in [5, 5.41) is 3.72. The molecule has 21 heavy (non-hydrogen) atoms. The van der Waals surface area contributed by atoms with E-state index in [0.717, 1.165) is 0 Å². The van der Waals surface area contributed by atoms with Gasteiger partial charge in [-0.2, -0.15) is 0 Å². The van der Waals surface area contributed by atoms with Crippen LogP contribution in [-0.4, -0.2) is 0 Å². The number of unbranched alkanes of at least 4 members (excludes halogenated alkanes) is 1. The minimum Gasteiger partial charge on any atom is -0.378 e. The van der Waals surface area contributed by atoms with Crippen molar-refractivity contribution in [2.24, 2.45) is 0 Å². The lowest BCUT2D eigenvalue weighted by atomic mass is 9.94. The topological polar surface area (TPSA) is 12.0 Å². The van der Waals surface area contributed by atoms with Crippen molar-refractivity contribution in [3.63, 3.8) is 0 Å². The van der Waals surface area contributed by atoms with Crippen molar-refractivity contribution in [1.29, 1.82) is 0 Å². The molecular weight excluding hydrogens is 342 g/mol. The predicted octanol–water partition coefficient (Wildman–Crippen LogP) is 6.34. The van der Waals surface area contributed by atoms with Crippen molar-refractivity contribution in [3.05, 3.63) is 50.1 Å². The summed E-state index contributed by atoms with van der Waals surface area (Å²) in [5.74, 6) is 0. The number of halogens is 1. The summed E-state index contributed by atoms with van der Waals surface area (Å²) in [5.41, 5.74) is 4.19. The van der Waals surface area contributed by atoms with E-state index in [4.69, 9.17) is 0 Å². The number of fused-ring (bicyclic) bond motifs is 1. The fraction of sp³-hybridized carbons (Fsp3) is 0.444. The first-order chi connectivity index (χ1) is 10.3. The molecule has 1 aromatic heterocycles. The third-order valence-corrected chi connectivity index (χ3v) is 5.91. The Morgan fingerprint density at radius 3 is 2.86 bits per heavy atom. The number of benzene rings is 1. The SMILES string of the molecule is CCCCc1ccc(NC2CCCc3sc(Br)cc32)cc1. The molecule has 1 aliphatic rings. The van der Waals surface area contributed by atoms with Gasteiger partial charge >= 0.3 is 0 Å². The average Bonchev–Trinajstić information content (AvgIpc) is 2.88. The van der Waals surface area contributed by atoms with E-state index in [-0.39, 0.29) is 0 Å². The lowest BCUT2D eigenvalue weighted by molar-refractivity contribution is 0.609. The highest BCUT2D eigenvalue weighted by molar-refractivity contribution is 9.11. The maximum Gasteiger partial charge on any atom is 0.0705 e. The molecule has 1 atom stereocenters. The summed E-state index contributed by atoms with van der Waals surface area (Å²) < 4.78 is 1.26. The zero-order chi connectivity index (χ0) is 14.7. The lowest BCUT2D eigenvalue weighted by Gasteiger charge is -2.24. The van der Waals surface area contributed by atoms with Crippen molar-refractivity contribution in [2.45, 2.75) is 51.5 Å². The van der Waals surface area contributed by atoms with Crippen LogP contribution in [0.4, 0.5) is 5.69 Å². The van der Waals surface area contributed by atoms with Crippen molar-refractivity contribution in [3.8, 4) is 0 Å². The molecular formula is C18H22BrNS. The van der Waals surface area contributed by atoms with Crippen LogP contribution in [0.5, 0.6) is 0 Å². The van der Waals surface area contributed by atoms with Gasteiger partial charge in [0, 0.05) is 10.6 Å². The summed E-state index contributed by atoms with van der Waals surface area (Å²) in [7, 11) is 0. The normalized spacial score (nSPS) is 17.5. The van der Waals surface area contributed by atoms with E-state index in [2.05, 4.69) is 58.5 Å². The molecule has 0 spiro atoms. The first-order valence-corrected chi connectivity index (χ1v) is 9.51. The van der Waals surface area contributed by atoms with Gasteiger partial charge in [0.25, 0.3) is 0 Å². The molecule has 0 saturated carbocycles. The first-order valence-electron chi connectivity index (χ1n) is 7.90. The second kappa shape index (κ2) is 6.97. The van der Waals surface area contributed by atoms with Crippen LogP contribution in [0, 0.1) is 0 Å². The summed E-state index contributed by atoms with van der Waals surface area (Å²) >= 11 is 5.52. The fourth-order valence-corrected chi connectivity index (χ4v) is 4.84. The number of aryl methyl sites for hydroxylation is 2. The third-order valence-electron chi connectivity index (χ3n) is 4.20. The van der Waals surface area contributed by atoms with E-state index < -0.39 is 0 Å². The van der Waals surface area contributed by atoms with Crippen LogP contribution in [0.3, 0.4) is 0 Å². The molecule has 1 nitrogen and oxygen atoms in total. The van der Waals surface area contributed by atoms with Crippen molar-refractivity contribution < 1.29 is 0 Å². The van der Waals surface area contributed by atoms with Gasteiger partial charge in [0.1, 0.15) is 0 Å². The molecule has 1 unspecified atom stereocenters. The lowest BCUT2D eigenvalue weighted by Crippen LogP contribution is -2.15. The third kappa shape index (κ3) is 3.70. The summed E-state index contributed by atoms with van der Waals surface area (Å²) in [4.78, 5) is 1.55. The highest BCUT2D eigenvalue weighted by atomic mass is 79.9. The number of rotatable bonds is 5. The molecule has 1 heterocycles. The van der Waals surface area contributed by atoms with Crippen LogP contribution in [0.15, 0.2) is 34.1 Å². The molecule has 1 aliphatic carbocycles. The zero-order valence-electron chi connectivity index (χ0n) is 12.5. The van der Waals surface area contributed by atoms with Gasteiger partial charge in [-0.1, -0.05) is 25.5 Å². The van der Waals surface area contributed by atoms with Gasteiger partial charge in [-0.05, 0) is 77.4 Å². The number of nitrogens with one attached hydrogen (secondary N) is 1. The Kier molecular flexibility index (Phi) is 5.02. The zero-order valence-corrected chi connectivity index (χ0v) is 14.9. The fourth-order valence-electron chi connectivity index (χ4n) is 3.02. The summed E-state index contributed by atoms with van der Waals surface area (Å²) in [6.45, 7) is 2.25. The van der Waals surface area contributed by atoms with Crippen LogP contribution in [-0.2, 0) is 12.8 Å². The van der Waals surface area contributed by atoms with E-state index in [9.17, 15) is 0 Å². The largest absolute Gasteiger partial charge is 0.378 e. The van der Waals surface area contributed by atoms with Crippen LogP contribution in [0.2, 0.25) is 0 Å². The first kappa shape index (κ1) is 15.1. The van der Waals surface area contributed by atoms with Gasteiger partial charge in [-0.15, -0.1) is 11.3 Å². The molecule has 112 valence electrons. The van der Waals surface area contributed by atoms with Gasteiger partial charge in [0.05, 0.1) is 9.83 Å². The quantitative estimate of drug-likeness (QED) is 0.652. The number of hydrogen-bond acceptors (Lipinski definition) is 2. The number of hydrogen-bond donors (Lipinski definition) is 1. The Labute approximate surface area is 139 Å². The van der Waals surface area contributed by atoms with Crippen LogP contribution in [0.25, 0.3) is 0 Å². The molecule has 0 fully saturated rings. The maximum absolute atomic E-state index is 3.72. The van der Waals surface area contributed by atoms with Crippen molar-refractivity contribution in [1.82, 2.24) is 0 Å². The Hall–Kier alpha value is -0.800. The number of thiophene rings is 1. The standard InChI is InChI=1S/C18H22BrNS/c1-2-3-5-13-8-10-14(11-9-13)20-16-6-4-7-17-15(16)12-18(19)21-17/h8-12,16,20H,2-7H2,1H3. The molecule has 1 N–H and O–H groups in total. The van der Waals surface area contributed by atoms with E-state index in [0.29, 0.717) is 6.04 Å². The van der Waals surface area contributed by atoms with Gasteiger partial charge in [0.2, 0.25) is 0 Å². The van der Waals surface area contributed by atoms with Gasteiger partial charge in [-0.25, -0.2) is 0 Å². The maximum atomic E-state index is 3.72. The van der Waals surface area contributed by atoms with E-state index >= 15 is 0 Å². The minimum atomic E-state index is 0.470. The molecule has 0 aliphatic heterocycles. The van der Waals surface area contributed by atoms with E-state index in [1.165, 1.54) is 59.1 Å². The number of anilines is 1. The summed E-state index contributed by atoms with van der Waals surface area (Å²) in [6, 6.07) is 11.8. The highest BCUT2D eigenvalue weighted by Gasteiger charge is 2.22. The molecule has 0 radical (unpaired) electrons. The summed E-state index contributed by atoms with van der Waals surface area (Å²) in [6.07, 6.45) is 7.49. The molecule has 0 bridgehead atoms. The molecule has 2 aromatic rings. The predicted molar refractivity (Wildman–Crippen MR) is 96.4 cm³/mol. The monoisotopic (exact) mass is 363 g/mol. The van der Waals surface area contributed by atoms with E-state index in [1.807, 2.05) is 11.3 Å². The highest BCUT2D eigenvalue weighted by Crippen LogP contribution is 2.39. The molecule has 0 amide bonds. The smallest absolute Gasteiger partial charge is 0.0705 e. The minimum absolute atomic E-state index is 0.470. The molecule has 1 aromatic carbocycles. The van der Waals surface area contributed by atoms with Crippen LogP contribution >= 0.6 is 27.3 Å².